The molecule has 0 aromatic heterocycles. The molecule has 0 saturated carbocycles. The highest BCUT2D eigenvalue weighted by Crippen LogP contribution is 2.34. The average molecular weight is 285 g/mol. The fraction of sp³-hybridized carbons (Fsp3) is 0.364. The molecule has 2 N–H and O–H groups in total. The van der Waals surface area contributed by atoms with Gasteiger partial charge >= 0.3 is 0 Å². The van der Waals surface area contributed by atoms with Crippen LogP contribution in [-0.4, -0.2) is 25.6 Å². The zero-order chi connectivity index (χ0) is 11.5. The molecule has 1 amide bonds. The molecule has 0 aliphatic carbocycles. The summed E-state index contributed by atoms with van der Waals surface area (Å²) in [6, 6.07) is 5.65. The molecule has 1 aromatic rings. The zero-order valence-corrected chi connectivity index (χ0v) is 10.4. The van der Waals surface area contributed by atoms with E-state index in [0.717, 1.165) is 22.3 Å². The Balaban J connectivity index is 2.31. The predicted octanol–water partition coefficient (Wildman–Crippen LogP) is 1.52. The number of amides is 1. The number of rotatable bonds is 3. The van der Waals surface area contributed by atoms with E-state index in [2.05, 4.69) is 15.9 Å². The third-order valence-electron chi connectivity index (χ3n) is 2.45. The van der Waals surface area contributed by atoms with E-state index in [0.29, 0.717) is 13.1 Å². The SMILES string of the molecule is NCCCN1C(=O)COc2ccc(Br)cc21. The van der Waals surface area contributed by atoms with Crippen LogP contribution < -0.4 is 15.4 Å². The van der Waals surface area contributed by atoms with Crippen LogP contribution in [0.4, 0.5) is 5.69 Å². The van der Waals surface area contributed by atoms with Gasteiger partial charge in [-0.05, 0) is 31.2 Å². The first-order valence-electron chi connectivity index (χ1n) is 5.15. The Morgan fingerprint density at radius 2 is 2.31 bits per heavy atom. The number of ether oxygens (including phenoxy) is 1. The van der Waals surface area contributed by atoms with Crippen molar-refractivity contribution in [3.05, 3.63) is 22.7 Å². The van der Waals surface area contributed by atoms with Crippen molar-refractivity contribution in [1.29, 1.82) is 0 Å². The number of nitrogens with two attached hydrogens (primary N) is 1. The van der Waals surface area contributed by atoms with Crippen LogP contribution in [0.3, 0.4) is 0 Å². The topological polar surface area (TPSA) is 55.6 Å². The van der Waals surface area contributed by atoms with E-state index >= 15 is 0 Å². The van der Waals surface area contributed by atoms with Crippen molar-refractivity contribution in [1.82, 2.24) is 0 Å². The highest BCUT2D eigenvalue weighted by atomic mass is 79.9. The molecule has 0 spiro atoms. The van der Waals surface area contributed by atoms with Crippen LogP contribution in [0.25, 0.3) is 0 Å². The van der Waals surface area contributed by atoms with Gasteiger partial charge in [-0.1, -0.05) is 15.9 Å². The number of nitrogens with zero attached hydrogens (tertiary/aromatic N) is 1. The summed E-state index contributed by atoms with van der Waals surface area (Å²) in [5.41, 5.74) is 6.28. The number of hydrogen-bond acceptors (Lipinski definition) is 3. The molecular weight excluding hydrogens is 272 g/mol. The van der Waals surface area contributed by atoms with Crippen LogP contribution in [-0.2, 0) is 4.79 Å². The summed E-state index contributed by atoms with van der Waals surface area (Å²) < 4.78 is 6.29. The van der Waals surface area contributed by atoms with Gasteiger partial charge in [0.2, 0.25) is 0 Å². The summed E-state index contributed by atoms with van der Waals surface area (Å²) >= 11 is 3.39. The lowest BCUT2D eigenvalue weighted by molar-refractivity contribution is -0.121. The first kappa shape index (κ1) is 11.4. The number of anilines is 1. The maximum absolute atomic E-state index is 11.7. The van der Waals surface area contributed by atoms with Gasteiger partial charge in [-0.25, -0.2) is 0 Å². The second-order valence-corrected chi connectivity index (χ2v) is 4.50. The van der Waals surface area contributed by atoms with Crippen molar-refractivity contribution in [2.45, 2.75) is 6.42 Å². The molecule has 5 heteroatoms. The standard InChI is InChI=1S/C11H13BrN2O2/c12-8-2-3-10-9(6-8)14(5-1-4-13)11(15)7-16-10/h2-3,6H,1,4-5,7,13H2. The van der Waals surface area contributed by atoms with Crippen molar-refractivity contribution < 1.29 is 9.53 Å². The van der Waals surface area contributed by atoms with Gasteiger partial charge in [0.25, 0.3) is 5.91 Å². The molecule has 1 aromatic carbocycles. The van der Waals surface area contributed by atoms with Crippen LogP contribution in [0.5, 0.6) is 5.75 Å². The maximum atomic E-state index is 11.7. The first-order chi connectivity index (χ1) is 7.72. The quantitative estimate of drug-likeness (QED) is 0.916. The highest BCUT2D eigenvalue weighted by Gasteiger charge is 2.24. The Hall–Kier alpha value is -1.07. The number of carbonyl (C=O) groups is 1. The van der Waals surface area contributed by atoms with E-state index < -0.39 is 0 Å². The van der Waals surface area contributed by atoms with Gasteiger partial charge in [0, 0.05) is 11.0 Å². The summed E-state index contributed by atoms with van der Waals surface area (Å²) in [5.74, 6) is 0.735. The van der Waals surface area contributed by atoms with Gasteiger partial charge in [0.1, 0.15) is 5.75 Å². The van der Waals surface area contributed by atoms with E-state index in [1.54, 1.807) is 4.90 Å². The monoisotopic (exact) mass is 284 g/mol. The van der Waals surface area contributed by atoms with E-state index in [1.165, 1.54) is 0 Å². The first-order valence-corrected chi connectivity index (χ1v) is 5.94. The predicted molar refractivity (Wildman–Crippen MR) is 65.7 cm³/mol. The molecule has 1 aliphatic heterocycles. The normalized spacial score (nSPS) is 14.6. The lowest BCUT2D eigenvalue weighted by Crippen LogP contribution is -2.39. The van der Waals surface area contributed by atoms with Crippen molar-refractivity contribution in [2.75, 3.05) is 24.6 Å². The largest absolute Gasteiger partial charge is 0.482 e. The number of carbonyl (C=O) groups excluding carboxylic acids is 1. The second kappa shape index (κ2) is 4.84. The molecule has 4 nitrogen and oxygen atoms in total. The van der Waals surface area contributed by atoms with E-state index in [4.69, 9.17) is 10.5 Å². The van der Waals surface area contributed by atoms with Gasteiger partial charge in [-0.15, -0.1) is 0 Å². The summed E-state index contributed by atoms with van der Waals surface area (Å²) in [6.45, 7) is 1.33. The highest BCUT2D eigenvalue weighted by molar-refractivity contribution is 9.10. The van der Waals surface area contributed by atoms with Gasteiger partial charge < -0.3 is 15.4 Å². The second-order valence-electron chi connectivity index (χ2n) is 3.59. The minimum Gasteiger partial charge on any atom is -0.482 e. The molecule has 16 heavy (non-hydrogen) atoms. The van der Waals surface area contributed by atoms with Crippen LogP contribution >= 0.6 is 15.9 Å². The lowest BCUT2D eigenvalue weighted by atomic mass is 10.2. The van der Waals surface area contributed by atoms with Gasteiger partial charge in [-0.3, -0.25) is 4.79 Å². The smallest absolute Gasteiger partial charge is 0.265 e. The Kier molecular flexibility index (Phi) is 3.46. The lowest BCUT2D eigenvalue weighted by Gasteiger charge is -2.29. The molecule has 0 unspecified atom stereocenters. The van der Waals surface area contributed by atoms with Crippen LogP contribution in [0.15, 0.2) is 22.7 Å². The molecule has 0 fully saturated rings. The molecule has 86 valence electrons. The Morgan fingerprint density at radius 1 is 1.50 bits per heavy atom. The Morgan fingerprint density at radius 3 is 3.06 bits per heavy atom. The van der Waals surface area contributed by atoms with Gasteiger partial charge in [0.05, 0.1) is 5.69 Å². The summed E-state index contributed by atoms with van der Waals surface area (Å²) in [7, 11) is 0. The van der Waals surface area contributed by atoms with Crippen LogP contribution in [0.1, 0.15) is 6.42 Å². The Bertz CT molecular complexity index is 409. The van der Waals surface area contributed by atoms with Crippen molar-refractivity contribution >= 4 is 27.5 Å². The summed E-state index contributed by atoms with van der Waals surface area (Å²) in [6.07, 6.45) is 0.789. The summed E-state index contributed by atoms with van der Waals surface area (Å²) in [4.78, 5) is 13.5. The molecule has 2 rings (SSSR count). The fourth-order valence-electron chi connectivity index (χ4n) is 1.67. The van der Waals surface area contributed by atoms with Gasteiger partial charge in [-0.2, -0.15) is 0 Å². The van der Waals surface area contributed by atoms with Crippen molar-refractivity contribution in [2.24, 2.45) is 5.73 Å². The molecule has 0 atom stereocenters. The van der Waals surface area contributed by atoms with Gasteiger partial charge in [0.15, 0.2) is 6.61 Å². The molecule has 1 aliphatic rings. The Labute approximate surface area is 102 Å². The minimum atomic E-state index is -0.0148. The molecule has 0 saturated heterocycles. The summed E-state index contributed by atoms with van der Waals surface area (Å²) in [5, 5.41) is 0. The van der Waals surface area contributed by atoms with E-state index in [9.17, 15) is 4.79 Å². The number of fused-ring (bicyclic) bond motifs is 1. The third kappa shape index (κ3) is 2.20. The molecule has 0 radical (unpaired) electrons. The molecular formula is C11H13BrN2O2. The van der Waals surface area contributed by atoms with E-state index in [-0.39, 0.29) is 12.5 Å². The number of hydrogen-bond donors (Lipinski definition) is 1. The fourth-order valence-corrected chi connectivity index (χ4v) is 2.02. The van der Waals surface area contributed by atoms with E-state index in [1.807, 2.05) is 18.2 Å². The zero-order valence-electron chi connectivity index (χ0n) is 8.78. The number of benzene rings is 1. The third-order valence-corrected chi connectivity index (χ3v) is 2.94. The van der Waals surface area contributed by atoms with Crippen molar-refractivity contribution in [3.8, 4) is 5.75 Å². The average Bonchev–Trinajstić information content (AvgIpc) is 2.28. The number of halogens is 1. The van der Waals surface area contributed by atoms with Crippen molar-refractivity contribution in [3.63, 3.8) is 0 Å². The minimum absolute atomic E-state index is 0.0148. The molecule has 0 bridgehead atoms. The maximum Gasteiger partial charge on any atom is 0.265 e. The molecule has 1 heterocycles. The van der Waals surface area contributed by atoms with Crippen LogP contribution in [0, 0.1) is 0 Å². The van der Waals surface area contributed by atoms with Crippen LogP contribution in [0.2, 0.25) is 0 Å².